The van der Waals surface area contributed by atoms with Crippen LogP contribution in [0.2, 0.25) is 0 Å². The molecule has 0 aromatic rings. The third kappa shape index (κ3) is 3.79. The van der Waals surface area contributed by atoms with Crippen LogP contribution in [0.25, 0.3) is 0 Å². The van der Waals surface area contributed by atoms with Crippen molar-refractivity contribution in [1.29, 1.82) is 0 Å². The van der Waals surface area contributed by atoms with Crippen molar-refractivity contribution < 1.29 is 9.59 Å². The Morgan fingerprint density at radius 1 is 1.09 bits per heavy atom. The Morgan fingerprint density at radius 2 is 1.91 bits per heavy atom. The molecule has 1 N–H and O–H groups in total. The summed E-state index contributed by atoms with van der Waals surface area (Å²) >= 11 is 0. The van der Waals surface area contributed by atoms with Crippen molar-refractivity contribution >= 4 is 11.8 Å². The van der Waals surface area contributed by atoms with E-state index >= 15 is 0 Å². The number of likely N-dealkylation sites (tertiary alicyclic amines) is 2. The SMILES string of the molecule is O=C1CCCCCN1CC(=O)N1CCC(N2CCNCC2)C1. The van der Waals surface area contributed by atoms with Gasteiger partial charge in [0.15, 0.2) is 0 Å². The van der Waals surface area contributed by atoms with Crippen LogP contribution in [-0.4, -0.2) is 84.9 Å². The number of hydrogen-bond donors (Lipinski definition) is 1. The normalized spacial score (nSPS) is 28.0. The number of nitrogens with one attached hydrogen (secondary N) is 1. The molecule has 3 saturated heterocycles. The molecule has 3 aliphatic heterocycles. The predicted octanol–water partition coefficient (Wildman–Crippen LogP) is -0.105. The molecule has 3 fully saturated rings. The van der Waals surface area contributed by atoms with E-state index < -0.39 is 0 Å². The van der Waals surface area contributed by atoms with Gasteiger partial charge in [0.2, 0.25) is 11.8 Å². The first-order valence-electron chi connectivity index (χ1n) is 8.74. The summed E-state index contributed by atoms with van der Waals surface area (Å²) in [4.78, 5) is 30.8. The molecule has 22 heavy (non-hydrogen) atoms. The van der Waals surface area contributed by atoms with E-state index in [-0.39, 0.29) is 18.4 Å². The van der Waals surface area contributed by atoms with Gasteiger partial charge in [0.25, 0.3) is 0 Å². The van der Waals surface area contributed by atoms with Crippen molar-refractivity contribution in [3.8, 4) is 0 Å². The number of nitrogens with zero attached hydrogens (tertiary/aromatic N) is 3. The van der Waals surface area contributed by atoms with Crippen molar-refractivity contribution in [2.24, 2.45) is 0 Å². The number of rotatable bonds is 3. The Hall–Kier alpha value is -1.14. The maximum Gasteiger partial charge on any atom is 0.242 e. The first-order chi connectivity index (χ1) is 10.7. The van der Waals surface area contributed by atoms with Crippen LogP contribution in [0.15, 0.2) is 0 Å². The monoisotopic (exact) mass is 308 g/mol. The Kier molecular flexibility index (Phi) is 5.31. The molecule has 6 nitrogen and oxygen atoms in total. The van der Waals surface area contributed by atoms with Crippen LogP contribution < -0.4 is 5.32 Å². The summed E-state index contributed by atoms with van der Waals surface area (Å²) in [7, 11) is 0. The first-order valence-corrected chi connectivity index (χ1v) is 8.74. The van der Waals surface area contributed by atoms with E-state index in [4.69, 9.17) is 0 Å². The smallest absolute Gasteiger partial charge is 0.242 e. The van der Waals surface area contributed by atoms with Gasteiger partial charge in [0.1, 0.15) is 0 Å². The molecule has 0 spiro atoms. The van der Waals surface area contributed by atoms with Crippen molar-refractivity contribution in [3.63, 3.8) is 0 Å². The van der Waals surface area contributed by atoms with Crippen molar-refractivity contribution in [3.05, 3.63) is 0 Å². The molecule has 2 amide bonds. The molecule has 0 aromatic heterocycles. The highest BCUT2D eigenvalue weighted by atomic mass is 16.2. The van der Waals surface area contributed by atoms with Gasteiger partial charge in [-0.1, -0.05) is 6.42 Å². The van der Waals surface area contributed by atoms with Crippen LogP contribution in [0.5, 0.6) is 0 Å². The van der Waals surface area contributed by atoms with E-state index in [1.54, 1.807) is 4.90 Å². The molecule has 124 valence electrons. The molecular weight excluding hydrogens is 280 g/mol. The molecule has 6 heteroatoms. The van der Waals surface area contributed by atoms with E-state index in [9.17, 15) is 9.59 Å². The van der Waals surface area contributed by atoms with Gasteiger partial charge in [-0.05, 0) is 19.3 Å². The number of hydrogen-bond acceptors (Lipinski definition) is 4. The fourth-order valence-electron chi connectivity index (χ4n) is 3.78. The topological polar surface area (TPSA) is 55.9 Å². The standard InChI is InChI=1S/C16H28N4O2/c21-15-4-2-1-3-8-19(15)13-16(22)20-9-5-14(12-20)18-10-6-17-7-11-18/h14,17H,1-13H2. The maximum absolute atomic E-state index is 12.5. The first kappa shape index (κ1) is 15.7. The van der Waals surface area contributed by atoms with Gasteiger partial charge >= 0.3 is 0 Å². The summed E-state index contributed by atoms with van der Waals surface area (Å²) < 4.78 is 0. The van der Waals surface area contributed by atoms with Gasteiger partial charge in [0, 0.05) is 58.3 Å². The molecule has 3 heterocycles. The lowest BCUT2D eigenvalue weighted by molar-refractivity contribution is -0.139. The predicted molar refractivity (Wildman–Crippen MR) is 84.5 cm³/mol. The number of piperazine rings is 1. The average molecular weight is 308 g/mol. The zero-order valence-electron chi connectivity index (χ0n) is 13.4. The lowest BCUT2D eigenvalue weighted by Gasteiger charge is -2.32. The lowest BCUT2D eigenvalue weighted by Crippen LogP contribution is -2.50. The minimum absolute atomic E-state index is 0.132. The molecular formula is C16H28N4O2. The Balaban J connectivity index is 1.49. The van der Waals surface area contributed by atoms with Gasteiger partial charge in [-0.15, -0.1) is 0 Å². The average Bonchev–Trinajstić information content (AvgIpc) is 2.96. The molecule has 0 radical (unpaired) electrons. The van der Waals surface area contributed by atoms with Crippen molar-refractivity contribution in [1.82, 2.24) is 20.0 Å². The van der Waals surface area contributed by atoms with Crippen LogP contribution in [0.3, 0.4) is 0 Å². The van der Waals surface area contributed by atoms with E-state index in [1.807, 2.05) is 4.90 Å². The Labute approximate surface area is 132 Å². The minimum Gasteiger partial charge on any atom is -0.340 e. The second-order valence-corrected chi connectivity index (χ2v) is 6.69. The molecule has 0 saturated carbocycles. The highest BCUT2D eigenvalue weighted by molar-refractivity contribution is 5.85. The van der Waals surface area contributed by atoms with Crippen molar-refractivity contribution in [2.75, 3.05) is 52.4 Å². The largest absolute Gasteiger partial charge is 0.340 e. The van der Waals surface area contributed by atoms with E-state index in [0.29, 0.717) is 12.5 Å². The number of amides is 2. The van der Waals surface area contributed by atoms with Crippen LogP contribution in [0.4, 0.5) is 0 Å². The molecule has 1 unspecified atom stereocenters. The quantitative estimate of drug-likeness (QED) is 0.791. The van der Waals surface area contributed by atoms with E-state index in [0.717, 1.165) is 71.5 Å². The molecule has 0 aromatic carbocycles. The summed E-state index contributed by atoms with van der Waals surface area (Å²) in [6, 6.07) is 0.505. The van der Waals surface area contributed by atoms with Gasteiger partial charge in [-0.2, -0.15) is 0 Å². The van der Waals surface area contributed by atoms with Gasteiger partial charge in [0.05, 0.1) is 6.54 Å². The highest BCUT2D eigenvalue weighted by Crippen LogP contribution is 2.17. The summed E-state index contributed by atoms with van der Waals surface area (Å²) in [6.07, 6.45) is 4.78. The zero-order valence-corrected chi connectivity index (χ0v) is 13.4. The van der Waals surface area contributed by atoms with Crippen LogP contribution in [0, 0.1) is 0 Å². The number of carbonyl (C=O) groups excluding carboxylic acids is 2. The Bertz CT molecular complexity index is 409. The molecule has 1 atom stereocenters. The highest BCUT2D eigenvalue weighted by Gasteiger charge is 2.32. The fraction of sp³-hybridized carbons (Fsp3) is 0.875. The molecule has 0 bridgehead atoms. The zero-order chi connectivity index (χ0) is 15.4. The Morgan fingerprint density at radius 3 is 2.73 bits per heavy atom. The molecule has 3 aliphatic rings. The summed E-state index contributed by atoms with van der Waals surface area (Å²) in [5.41, 5.74) is 0. The third-order valence-electron chi connectivity index (χ3n) is 5.18. The van der Waals surface area contributed by atoms with E-state index in [2.05, 4.69) is 10.2 Å². The molecule has 0 aliphatic carbocycles. The van der Waals surface area contributed by atoms with Crippen LogP contribution >= 0.6 is 0 Å². The van der Waals surface area contributed by atoms with Crippen LogP contribution in [-0.2, 0) is 9.59 Å². The van der Waals surface area contributed by atoms with E-state index in [1.165, 1.54) is 0 Å². The summed E-state index contributed by atoms with van der Waals surface area (Å²) in [5.74, 6) is 0.289. The second-order valence-electron chi connectivity index (χ2n) is 6.69. The van der Waals surface area contributed by atoms with Crippen LogP contribution in [0.1, 0.15) is 32.1 Å². The van der Waals surface area contributed by atoms with Gasteiger partial charge in [-0.25, -0.2) is 0 Å². The number of carbonyl (C=O) groups is 2. The third-order valence-corrected chi connectivity index (χ3v) is 5.18. The van der Waals surface area contributed by atoms with Gasteiger partial charge in [-0.3, -0.25) is 14.5 Å². The summed E-state index contributed by atoms with van der Waals surface area (Å²) in [5, 5.41) is 3.37. The van der Waals surface area contributed by atoms with Crippen molar-refractivity contribution in [2.45, 2.75) is 38.1 Å². The minimum atomic E-state index is 0.132. The second kappa shape index (κ2) is 7.42. The lowest BCUT2D eigenvalue weighted by atomic mass is 10.2. The maximum atomic E-state index is 12.5. The molecule has 3 rings (SSSR count). The fourth-order valence-corrected chi connectivity index (χ4v) is 3.78. The van der Waals surface area contributed by atoms with Gasteiger partial charge < -0.3 is 15.1 Å². The summed E-state index contributed by atoms with van der Waals surface area (Å²) in [6.45, 7) is 6.97.